The molecular formula is C26H23N3O3. The normalized spacial score (nSPS) is 11.7. The van der Waals surface area contributed by atoms with Crippen LogP contribution in [0.25, 0.3) is 22.4 Å². The van der Waals surface area contributed by atoms with Crippen LogP contribution < -0.4 is 15.0 Å². The summed E-state index contributed by atoms with van der Waals surface area (Å²) in [6, 6.07) is 15.6. The molecule has 0 atom stereocenters. The van der Waals surface area contributed by atoms with E-state index in [0.29, 0.717) is 60.1 Å². The lowest BCUT2D eigenvalue weighted by Gasteiger charge is -2.26. The number of benzene rings is 2. The van der Waals surface area contributed by atoms with Crippen molar-refractivity contribution in [3.05, 3.63) is 69.0 Å². The molecule has 0 unspecified atom stereocenters. The molecule has 0 aliphatic carbocycles. The number of fused-ring (bicyclic) bond motifs is 3. The number of hydrogen-bond donors (Lipinski definition) is 0. The van der Waals surface area contributed by atoms with E-state index in [0.717, 1.165) is 16.7 Å². The van der Waals surface area contributed by atoms with Crippen LogP contribution in [0.2, 0.25) is 0 Å². The van der Waals surface area contributed by atoms with Crippen LogP contribution in [0.15, 0.2) is 41.2 Å². The number of pyridine rings is 1. The summed E-state index contributed by atoms with van der Waals surface area (Å²) in [6.07, 6.45) is 0.592. The number of aryl methyl sites for hydroxylation is 2. The van der Waals surface area contributed by atoms with Crippen LogP contribution in [0, 0.1) is 29.6 Å². The summed E-state index contributed by atoms with van der Waals surface area (Å²) in [7, 11) is 0. The fourth-order valence-corrected chi connectivity index (χ4v) is 4.23. The SMILES string of the molecule is CCOc1cc2c(cc1OCC)-c1c(C#N)c(-c3ccc(C)cc3)c(C#N)c(=O)n1CC2. The Bertz CT molecular complexity index is 1340. The number of nitrogens with zero attached hydrogens (tertiary/aromatic N) is 3. The summed E-state index contributed by atoms with van der Waals surface area (Å²) in [5.74, 6) is 1.22. The van der Waals surface area contributed by atoms with E-state index in [-0.39, 0.29) is 11.1 Å². The van der Waals surface area contributed by atoms with Crippen LogP contribution >= 0.6 is 0 Å². The van der Waals surface area contributed by atoms with E-state index in [4.69, 9.17) is 9.47 Å². The van der Waals surface area contributed by atoms with Gasteiger partial charge in [-0.3, -0.25) is 4.79 Å². The first-order valence-corrected chi connectivity index (χ1v) is 10.6. The van der Waals surface area contributed by atoms with E-state index >= 15 is 0 Å². The second kappa shape index (κ2) is 8.61. The van der Waals surface area contributed by atoms with Gasteiger partial charge in [0.2, 0.25) is 0 Å². The number of nitriles is 2. The second-order valence-corrected chi connectivity index (χ2v) is 7.59. The Kier molecular flexibility index (Phi) is 5.71. The van der Waals surface area contributed by atoms with Gasteiger partial charge in [0.1, 0.15) is 17.7 Å². The Morgan fingerprint density at radius 1 is 0.969 bits per heavy atom. The van der Waals surface area contributed by atoms with Gasteiger partial charge in [0.15, 0.2) is 11.5 Å². The largest absolute Gasteiger partial charge is 0.490 e. The minimum atomic E-state index is -0.380. The average molecular weight is 425 g/mol. The fraction of sp³-hybridized carbons (Fsp3) is 0.269. The van der Waals surface area contributed by atoms with Crippen molar-refractivity contribution in [1.82, 2.24) is 4.57 Å². The third kappa shape index (κ3) is 3.40. The second-order valence-electron chi connectivity index (χ2n) is 7.59. The summed E-state index contributed by atoms with van der Waals surface area (Å²) in [4.78, 5) is 13.3. The lowest BCUT2D eigenvalue weighted by molar-refractivity contribution is 0.287. The van der Waals surface area contributed by atoms with Gasteiger partial charge in [-0.15, -0.1) is 0 Å². The molecule has 0 saturated carbocycles. The summed E-state index contributed by atoms with van der Waals surface area (Å²) in [5, 5.41) is 20.0. The standard InChI is InChI=1S/C26H23N3O3/c1-4-31-22-12-18-10-11-29-25(19(18)13-23(22)32-5-2)20(14-27)24(21(15-28)26(29)30)17-8-6-16(3)7-9-17/h6-9,12-13H,4-5,10-11H2,1-3H3. The van der Waals surface area contributed by atoms with E-state index in [9.17, 15) is 15.3 Å². The van der Waals surface area contributed by atoms with Crippen molar-refractivity contribution in [3.63, 3.8) is 0 Å². The highest BCUT2D eigenvalue weighted by atomic mass is 16.5. The molecule has 1 aliphatic rings. The van der Waals surface area contributed by atoms with Crippen molar-refractivity contribution in [2.45, 2.75) is 33.7 Å². The monoisotopic (exact) mass is 425 g/mol. The lowest BCUT2D eigenvalue weighted by Crippen LogP contribution is -2.30. The van der Waals surface area contributed by atoms with E-state index < -0.39 is 0 Å². The summed E-state index contributed by atoms with van der Waals surface area (Å²) in [5.41, 5.74) is 4.30. The smallest absolute Gasteiger partial charge is 0.269 e. The van der Waals surface area contributed by atoms with Crippen molar-refractivity contribution in [2.75, 3.05) is 13.2 Å². The summed E-state index contributed by atoms with van der Waals surface area (Å²) < 4.78 is 13.1. The quantitative estimate of drug-likeness (QED) is 0.597. The molecule has 6 nitrogen and oxygen atoms in total. The molecule has 0 N–H and O–H groups in total. The third-order valence-corrected chi connectivity index (χ3v) is 5.66. The van der Waals surface area contributed by atoms with Crippen molar-refractivity contribution in [2.24, 2.45) is 0 Å². The number of aromatic nitrogens is 1. The average Bonchev–Trinajstić information content (AvgIpc) is 2.80. The summed E-state index contributed by atoms with van der Waals surface area (Å²) >= 11 is 0. The maximum Gasteiger partial charge on any atom is 0.269 e. The Labute approximate surface area is 186 Å². The van der Waals surface area contributed by atoms with E-state index in [2.05, 4.69) is 12.1 Å². The van der Waals surface area contributed by atoms with Crippen LogP contribution in [-0.4, -0.2) is 17.8 Å². The zero-order chi connectivity index (χ0) is 22.8. The Morgan fingerprint density at radius 3 is 2.19 bits per heavy atom. The van der Waals surface area contributed by atoms with Gasteiger partial charge in [-0.25, -0.2) is 0 Å². The van der Waals surface area contributed by atoms with Gasteiger partial charge in [-0.1, -0.05) is 29.8 Å². The van der Waals surface area contributed by atoms with Crippen LogP contribution in [0.5, 0.6) is 11.5 Å². The van der Waals surface area contributed by atoms with Crippen LogP contribution in [0.1, 0.15) is 36.1 Å². The van der Waals surface area contributed by atoms with Gasteiger partial charge in [0, 0.05) is 17.7 Å². The number of ether oxygens (including phenoxy) is 2. The van der Waals surface area contributed by atoms with Crippen molar-refractivity contribution in [3.8, 4) is 46.0 Å². The predicted octanol–water partition coefficient (Wildman–Crippen LogP) is 4.59. The zero-order valence-electron chi connectivity index (χ0n) is 18.4. The molecule has 0 saturated heterocycles. The Hall–Kier alpha value is -4.03. The van der Waals surface area contributed by atoms with E-state index in [1.54, 1.807) is 4.57 Å². The van der Waals surface area contributed by atoms with Crippen LogP contribution in [0.3, 0.4) is 0 Å². The van der Waals surface area contributed by atoms with Gasteiger partial charge in [-0.05, 0) is 50.5 Å². The van der Waals surface area contributed by atoms with E-state index in [1.165, 1.54) is 0 Å². The van der Waals surface area contributed by atoms with Gasteiger partial charge in [0.05, 0.1) is 24.5 Å². The molecule has 0 spiro atoms. The molecule has 32 heavy (non-hydrogen) atoms. The molecule has 6 heteroatoms. The molecule has 2 aromatic carbocycles. The molecule has 0 fully saturated rings. The molecule has 0 amide bonds. The highest BCUT2D eigenvalue weighted by Gasteiger charge is 2.29. The lowest BCUT2D eigenvalue weighted by atomic mass is 9.88. The molecule has 2 heterocycles. The predicted molar refractivity (Wildman–Crippen MR) is 122 cm³/mol. The fourth-order valence-electron chi connectivity index (χ4n) is 4.23. The van der Waals surface area contributed by atoms with Crippen LogP contribution in [-0.2, 0) is 13.0 Å². The molecule has 0 bridgehead atoms. The Morgan fingerprint density at radius 2 is 1.59 bits per heavy atom. The zero-order valence-corrected chi connectivity index (χ0v) is 18.4. The van der Waals surface area contributed by atoms with Gasteiger partial charge >= 0.3 is 0 Å². The number of rotatable bonds is 5. The van der Waals surface area contributed by atoms with Crippen molar-refractivity contribution >= 4 is 0 Å². The molecule has 1 aromatic heterocycles. The molecule has 4 rings (SSSR count). The first kappa shape index (κ1) is 21.2. The third-order valence-electron chi connectivity index (χ3n) is 5.66. The highest BCUT2D eigenvalue weighted by Crippen LogP contribution is 2.42. The maximum atomic E-state index is 13.3. The molecular weight excluding hydrogens is 402 g/mol. The minimum Gasteiger partial charge on any atom is -0.490 e. The van der Waals surface area contributed by atoms with Crippen molar-refractivity contribution in [1.29, 1.82) is 10.5 Å². The maximum absolute atomic E-state index is 13.3. The van der Waals surface area contributed by atoms with Gasteiger partial charge < -0.3 is 14.0 Å². The molecule has 160 valence electrons. The topological polar surface area (TPSA) is 88.0 Å². The minimum absolute atomic E-state index is 0.00595. The van der Waals surface area contributed by atoms with Gasteiger partial charge in [0.25, 0.3) is 5.56 Å². The first-order valence-electron chi connectivity index (χ1n) is 10.6. The first-order chi connectivity index (χ1) is 15.5. The summed E-state index contributed by atoms with van der Waals surface area (Å²) in [6.45, 7) is 7.11. The highest BCUT2D eigenvalue weighted by molar-refractivity contribution is 5.86. The molecule has 3 aromatic rings. The molecule has 0 radical (unpaired) electrons. The van der Waals surface area contributed by atoms with Crippen molar-refractivity contribution < 1.29 is 9.47 Å². The van der Waals surface area contributed by atoms with E-state index in [1.807, 2.05) is 57.2 Å². The molecule has 1 aliphatic heterocycles. The Balaban J connectivity index is 2.08. The number of hydrogen-bond acceptors (Lipinski definition) is 5. The van der Waals surface area contributed by atoms with Crippen LogP contribution in [0.4, 0.5) is 0 Å². The van der Waals surface area contributed by atoms with Gasteiger partial charge in [-0.2, -0.15) is 10.5 Å².